The molecule has 0 aromatic heterocycles. The van der Waals surface area contributed by atoms with Gasteiger partial charge in [-0.1, -0.05) is 15.9 Å². The van der Waals surface area contributed by atoms with Crippen LogP contribution >= 0.6 is 15.9 Å². The topological polar surface area (TPSA) is 38.3 Å². The quantitative estimate of drug-likeness (QED) is 0.840. The molecule has 110 valence electrons. The first-order chi connectivity index (χ1) is 9.99. The normalized spacial score (nSPS) is 11.8. The van der Waals surface area contributed by atoms with Crippen LogP contribution in [-0.4, -0.2) is 13.1 Å². The summed E-state index contributed by atoms with van der Waals surface area (Å²) in [5.74, 6) is -2.14. The summed E-state index contributed by atoms with van der Waals surface area (Å²) in [7, 11) is 1.22. The van der Waals surface area contributed by atoms with Gasteiger partial charge in [-0.2, -0.15) is 0 Å². The number of hydrogen-bond donors (Lipinski definition) is 1. The summed E-state index contributed by atoms with van der Waals surface area (Å²) >= 11 is 3.30. The number of esters is 1. The second-order valence-electron chi connectivity index (χ2n) is 4.31. The third-order valence-electron chi connectivity index (χ3n) is 2.81. The molecular weight excluding hydrogens is 344 g/mol. The van der Waals surface area contributed by atoms with Crippen LogP contribution in [0.25, 0.3) is 0 Å². The lowest BCUT2D eigenvalue weighted by molar-refractivity contribution is -0.141. The van der Waals surface area contributed by atoms with Crippen LogP contribution in [0.3, 0.4) is 0 Å². The first-order valence-corrected chi connectivity index (χ1v) is 6.85. The van der Waals surface area contributed by atoms with Crippen LogP contribution < -0.4 is 5.32 Å². The van der Waals surface area contributed by atoms with Crippen LogP contribution in [0.2, 0.25) is 0 Å². The van der Waals surface area contributed by atoms with Crippen LogP contribution in [0.4, 0.5) is 14.5 Å². The third kappa shape index (κ3) is 4.01. The van der Waals surface area contributed by atoms with Crippen molar-refractivity contribution in [2.45, 2.75) is 6.04 Å². The number of hydrogen-bond acceptors (Lipinski definition) is 3. The van der Waals surface area contributed by atoms with E-state index in [0.29, 0.717) is 5.69 Å². The molecule has 0 spiro atoms. The van der Waals surface area contributed by atoms with Crippen molar-refractivity contribution in [3.8, 4) is 0 Å². The second-order valence-corrected chi connectivity index (χ2v) is 5.23. The van der Waals surface area contributed by atoms with Crippen molar-refractivity contribution in [3.63, 3.8) is 0 Å². The molecule has 0 aliphatic heterocycles. The molecular formula is C15H12BrF2NO2. The van der Waals surface area contributed by atoms with Crippen molar-refractivity contribution in [1.82, 2.24) is 0 Å². The zero-order valence-corrected chi connectivity index (χ0v) is 12.7. The summed E-state index contributed by atoms with van der Waals surface area (Å²) in [6.45, 7) is 0. The van der Waals surface area contributed by atoms with Crippen LogP contribution in [0, 0.1) is 11.6 Å². The van der Waals surface area contributed by atoms with Crippen LogP contribution in [0.5, 0.6) is 0 Å². The number of halogens is 3. The van der Waals surface area contributed by atoms with E-state index in [9.17, 15) is 13.6 Å². The molecule has 21 heavy (non-hydrogen) atoms. The molecule has 1 N–H and O–H groups in total. The predicted molar refractivity (Wildman–Crippen MR) is 78.9 cm³/mol. The maximum absolute atomic E-state index is 13.3. The number of nitrogens with one attached hydrogen (secondary N) is 1. The standard InChI is InChI=1S/C15H12BrF2NO2/c1-21-15(20)14(9-6-11(17)8-12(18)7-9)19-13-4-2-10(16)3-5-13/h2-8,14,19H,1H3. The zero-order valence-electron chi connectivity index (χ0n) is 11.1. The van der Waals surface area contributed by atoms with Gasteiger partial charge in [-0.3, -0.25) is 0 Å². The highest BCUT2D eigenvalue weighted by molar-refractivity contribution is 9.10. The Morgan fingerprint density at radius 2 is 1.71 bits per heavy atom. The first kappa shape index (κ1) is 15.4. The minimum atomic E-state index is -0.999. The summed E-state index contributed by atoms with van der Waals surface area (Å²) in [4.78, 5) is 11.9. The van der Waals surface area contributed by atoms with E-state index in [4.69, 9.17) is 0 Å². The van der Waals surface area contributed by atoms with E-state index in [1.807, 2.05) is 0 Å². The Hall–Kier alpha value is -1.95. The van der Waals surface area contributed by atoms with Gasteiger partial charge in [-0.25, -0.2) is 13.6 Å². The molecule has 0 radical (unpaired) electrons. The van der Waals surface area contributed by atoms with E-state index >= 15 is 0 Å². The Bertz CT molecular complexity index is 626. The molecule has 0 saturated heterocycles. The second kappa shape index (κ2) is 6.67. The van der Waals surface area contributed by atoms with E-state index in [1.54, 1.807) is 24.3 Å². The van der Waals surface area contributed by atoms with Gasteiger partial charge in [0.1, 0.15) is 11.6 Å². The summed E-state index contributed by atoms with van der Waals surface area (Å²) in [6.07, 6.45) is 0. The largest absolute Gasteiger partial charge is 0.467 e. The fraction of sp³-hybridized carbons (Fsp3) is 0.133. The van der Waals surface area contributed by atoms with Gasteiger partial charge in [-0.05, 0) is 42.0 Å². The highest BCUT2D eigenvalue weighted by atomic mass is 79.9. The minimum absolute atomic E-state index is 0.155. The molecule has 2 rings (SSSR count). The molecule has 0 amide bonds. The number of benzene rings is 2. The first-order valence-electron chi connectivity index (χ1n) is 6.05. The average Bonchev–Trinajstić information content (AvgIpc) is 2.44. The number of anilines is 1. The monoisotopic (exact) mass is 355 g/mol. The molecule has 0 saturated carbocycles. The molecule has 1 atom stereocenters. The smallest absolute Gasteiger partial charge is 0.332 e. The number of carbonyl (C=O) groups excluding carboxylic acids is 1. The highest BCUT2D eigenvalue weighted by Gasteiger charge is 2.22. The van der Waals surface area contributed by atoms with Gasteiger partial charge in [0.15, 0.2) is 6.04 Å². The van der Waals surface area contributed by atoms with Crippen molar-refractivity contribution >= 4 is 27.6 Å². The summed E-state index contributed by atoms with van der Waals surface area (Å²) in [5, 5.41) is 2.90. The molecule has 6 heteroatoms. The molecule has 0 bridgehead atoms. The van der Waals surface area contributed by atoms with Gasteiger partial charge < -0.3 is 10.1 Å². The van der Waals surface area contributed by atoms with Crippen LogP contribution in [0.1, 0.15) is 11.6 Å². The van der Waals surface area contributed by atoms with Crippen LogP contribution in [-0.2, 0) is 9.53 Å². The van der Waals surface area contributed by atoms with Crippen molar-refractivity contribution in [3.05, 3.63) is 64.1 Å². The van der Waals surface area contributed by atoms with E-state index in [-0.39, 0.29) is 5.56 Å². The Morgan fingerprint density at radius 3 is 2.24 bits per heavy atom. The molecule has 3 nitrogen and oxygen atoms in total. The van der Waals surface area contributed by atoms with Crippen molar-refractivity contribution in [2.75, 3.05) is 12.4 Å². The average molecular weight is 356 g/mol. The summed E-state index contributed by atoms with van der Waals surface area (Å²) in [5.41, 5.74) is 0.778. The number of methoxy groups -OCH3 is 1. The minimum Gasteiger partial charge on any atom is -0.467 e. The predicted octanol–water partition coefficient (Wildman–Crippen LogP) is 4.05. The molecule has 1 unspecified atom stereocenters. The number of carbonyl (C=O) groups is 1. The van der Waals surface area contributed by atoms with E-state index < -0.39 is 23.6 Å². The van der Waals surface area contributed by atoms with Gasteiger partial charge in [0.05, 0.1) is 7.11 Å². The molecule has 0 aliphatic carbocycles. The van der Waals surface area contributed by atoms with Gasteiger partial charge >= 0.3 is 5.97 Å². The van der Waals surface area contributed by atoms with Crippen LogP contribution in [0.15, 0.2) is 46.9 Å². The SMILES string of the molecule is COC(=O)C(Nc1ccc(Br)cc1)c1cc(F)cc(F)c1. The summed E-state index contributed by atoms with van der Waals surface area (Å²) < 4.78 is 32.2. The zero-order chi connectivity index (χ0) is 15.4. The molecule has 2 aromatic rings. The Morgan fingerprint density at radius 1 is 1.14 bits per heavy atom. The van der Waals surface area contributed by atoms with Crippen molar-refractivity contribution in [1.29, 1.82) is 0 Å². The molecule has 2 aromatic carbocycles. The lowest BCUT2D eigenvalue weighted by Crippen LogP contribution is -2.22. The Balaban J connectivity index is 2.34. The highest BCUT2D eigenvalue weighted by Crippen LogP contribution is 2.24. The maximum atomic E-state index is 13.3. The van der Waals surface area contributed by atoms with E-state index in [0.717, 1.165) is 22.7 Å². The van der Waals surface area contributed by atoms with E-state index in [2.05, 4.69) is 26.0 Å². The van der Waals surface area contributed by atoms with Crippen molar-refractivity contribution < 1.29 is 18.3 Å². The molecule has 0 fully saturated rings. The Kier molecular flexibility index (Phi) is 4.90. The van der Waals surface area contributed by atoms with Gasteiger partial charge in [0.25, 0.3) is 0 Å². The number of ether oxygens (including phenoxy) is 1. The fourth-order valence-electron chi connectivity index (χ4n) is 1.85. The van der Waals surface area contributed by atoms with Gasteiger partial charge in [0.2, 0.25) is 0 Å². The maximum Gasteiger partial charge on any atom is 0.332 e. The lowest BCUT2D eigenvalue weighted by Gasteiger charge is -2.18. The van der Waals surface area contributed by atoms with Crippen molar-refractivity contribution in [2.24, 2.45) is 0 Å². The van der Waals surface area contributed by atoms with E-state index in [1.165, 1.54) is 7.11 Å². The number of rotatable bonds is 4. The molecule has 0 heterocycles. The third-order valence-corrected chi connectivity index (χ3v) is 3.34. The molecule has 0 aliphatic rings. The van der Waals surface area contributed by atoms with Gasteiger partial charge in [0, 0.05) is 16.2 Å². The van der Waals surface area contributed by atoms with Gasteiger partial charge in [-0.15, -0.1) is 0 Å². The lowest BCUT2D eigenvalue weighted by atomic mass is 10.1. The summed E-state index contributed by atoms with van der Waals surface area (Å²) in [6, 6.07) is 8.96. The Labute approximate surface area is 129 Å². The fourth-order valence-corrected chi connectivity index (χ4v) is 2.12.